The Balaban J connectivity index is 2.33. The molecule has 0 saturated carbocycles. The van der Waals surface area contributed by atoms with E-state index in [1.807, 2.05) is 0 Å². The fourth-order valence-corrected chi connectivity index (χ4v) is 2.58. The molecule has 8 heteroatoms. The molecule has 0 fully saturated rings. The lowest BCUT2D eigenvalue weighted by molar-refractivity contribution is 0.558. The highest BCUT2D eigenvalue weighted by Crippen LogP contribution is 2.18. The van der Waals surface area contributed by atoms with Crippen molar-refractivity contribution in [3.63, 3.8) is 0 Å². The van der Waals surface area contributed by atoms with Crippen molar-refractivity contribution in [3.05, 3.63) is 68.5 Å². The lowest BCUT2D eigenvalue weighted by Crippen LogP contribution is -2.38. The zero-order valence-corrected chi connectivity index (χ0v) is 14.2. The highest BCUT2D eigenvalue weighted by molar-refractivity contribution is 5.73. The van der Waals surface area contributed by atoms with Crippen LogP contribution >= 0.6 is 0 Å². The number of benzene rings is 1. The van der Waals surface area contributed by atoms with E-state index in [9.17, 15) is 18.4 Å². The molecule has 6 nitrogen and oxygen atoms in total. The highest BCUT2D eigenvalue weighted by Gasteiger charge is 2.21. The molecule has 2 aromatic heterocycles. The topological polar surface area (TPSA) is 61.8 Å². The predicted molar refractivity (Wildman–Crippen MR) is 93.2 cm³/mol. The fourth-order valence-electron chi connectivity index (χ4n) is 2.58. The van der Waals surface area contributed by atoms with E-state index >= 15 is 0 Å². The number of aromatic nitrogens is 4. The van der Waals surface area contributed by atoms with Gasteiger partial charge in [0.25, 0.3) is 5.56 Å². The molecule has 132 valence electrons. The number of fused-ring (bicyclic) bond motifs is 1. The second-order valence-electron chi connectivity index (χ2n) is 5.58. The molecule has 0 aliphatic heterocycles. The van der Waals surface area contributed by atoms with Crippen LogP contribution in [0.4, 0.5) is 8.78 Å². The Morgan fingerprint density at radius 1 is 1.15 bits per heavy atom. The summed E-state index contributed by atoms with van der Waals surface area (Å²) in [4.78, 5) is 25.2. The van der Waals surface area contributed by atoms with Gasteiger partial charge < -0.3 is 0 Å². The molecule has 3 rings (SSSR count). The van der Waals surface area contributed by atoms with Gasteiger partial charge in [0.1, 0.15) is 11.1 Å². The number of hydrogen-bond acceptors (Lipinski definition) is 3. The van der Waals surface area contributed by atoms with E-state index in [0.29, 0.717) is 4.57 Å². The smallest absolute Gasteiger partial charge is 0.279 e. The van der Waals surface area contributed by atoms with Crippen LogP contribution in [0.2, 0.25) is 0 Å². The van der Waals surface area contributed by atoms with Crippen molar-refractivity contribution in [2.45, 2.75) is 6.92 Å². The SMILES string of the molecule is C/C=C/C#Cc1cc(F)c(-n2c(=O)c3cn(C)nc3n(C)c2=O)c(F)c1. The van der Waals surface area contributed by atoms with Gasteiger partial charge in [-0.3, -0.25) is 14.0 Å². The Hall–Kier alpha value is -3.47. The average Bonchev–Trinajstić information content (AvgIpc) is 2.98. The molecule has 1 aromatic carbocycles. The van der Waals surface area contributed by atoms with Gasteiger partial charge in [0, 0.05) is 25.9 Å². The van der Waals surface area contributed by atoms with Gasteiger partial charge in [0.05, 0.1) is 0 Å². The average molecular weight is 356 g/mol. The number of nitrogens with zero attached hydrogens (tertiary/aromatic N) is 4. The second-order valence-corrected chi connectivity index (χ2v) is 5.58. The van der Waals surface area contributed by atoms with Gasteiger partial charge in [-0.25, -0.2) is 18.1 Å². The maximum Gasteiger partial charge on any atom is 0.337 e. The van der Waals surface area contributed by atoms with E-state index in [1.54, 1.807) is 20.0 Å². The largest absolute Gasteiger partial charge is 0.337 e. The first-order valence-electron chi connectivity index (χ1n) is 7.62. The number of allylic oxidation sites excluding steroid dienone is 2. The van der Waals surface area contributed by atoms with Crippen molar-refractivity contribution >= 4 is 11.0 Å². The first-order chi connectivity index (χ1) is 12.3. The molecule has 0 unspecified atom stereocenters. The molecule has 0 amide bonds. The zero-order valence-electron chi connectivity index (χ0n) is 14.2. The number of rotatable bonds is 1. The molecule has 3 aromatic rings. The van der Waals surface area contributed by atoms with Gasteiger partial charge in [0.15, 0.2) is 17.3 Å². The molecule has 26 heavy (non-hydrogen) atoms. The van der Waals surface area contributed by atoms with Crippen LogP contribution < -0.4 is 11.2 Å². The fraction of sp³-hybridized carbons (Fsp3) is 0.167. The third-order valence-corrected chi connectivity index (χ3v) is 3.75. The molecule has 0 N–H and O–H groups in total. The minimum absolute atomic E-state index is 0.0744. The van der Waals surface area contributed by atoms with E-state index in [0.717, 1.165) is 16.7 Å². The normalized spacial score (nSPS) is 11.1. The van der Waals surface area contributed by atoms with Gasteiger partial charge in [0.2, 0.25) is 0 Å². The lowest BCUT2D eigenvalue weighted by Gasteiger charge is -2.10. The summed E-state index contributed by atoms with van der Waals surface area (Å²) in [6.45, 7) is 1.76. The molecule has 0 saturated heterocycles. The Morgan fingerprint density at radius 2 is 1.81 bits per heavy atom. The van der Waals surface area contributed by atoms with Crippen LogP contribution in [0.1, 0.15) is 12.5 Å². The molecule has 0 aliphatic carbocycles. The van der Waals surface area contributed by atoms with Crippen LogP contribution in [0.3, 0.4) is 0 Å². The van der Waals surface area contributed by atoms with Crippen molar-refractivity contribution in [3.8, 4) is 17.5 Å². The first kappa shape index (κ1) is 17.4. The molecule has 0 bridgehead atoms. The van der Waals surface area contributed by atoms with Crippen LogP contribution in [0.5, 0.6) is 0 Å². The quantitative estimate of drug-likeness (QED) is 0.623. The summed E-state index contributed by atoms with van der Waals surface area (Å²) in [5.41, 5.74) is -2.26. The van der Waals surface area contributed by atoms with Crippen molar-refractivity contribution in [2.75, 3.05) is 0 Å². The third-order valence-electron chi connectivity index (χ3n) is 3.75. The summed E-state index contributed by atoms with van der Waals surface area (Å²) in [6.07, 6.45) is 4.60. The summed E-state index contributed by atoms with van der Waals surface area (Å²) < 4.78 is 32.0. The molecular weight excluding hydrogens is 342 g/mol. The minimum Gasteiger partial charge on any atom is -0.279 e. The Morgan fingerprint density at radius 3 is 2.42 bits per heavy atom. The van der Waals surface area contributed by atoms with E-state index < -0.39 is 28.6 Å². The van der Waals surface area contributed by atoms with E-state index in [2.05, 4.69) is 16.9 Å². The van der Waals surface area contributed by atoms with Crippen LogP contribution in [0.15, 0.2) is 40.1 Å². The molecule has 2 heterocycles. The number of hydrogen-bond donors (Lipinski definition) is 0. The highest BCUT2D eigenvalue weighted by atomic mass is 19.1. The minimum atomic E-state index is -1.06. The van der Waals surface area contributed by atoms with Crippen molar-refractivity contribution in [2.24, 2.45) is 14.1 Å². The van der Waals surface area contributed by atoms with Gasteiger partial charge in [-0.1, -0.05) is 17.9 Å². The predicted octanol–water partition coefficient (Wildman–Crippen LogP) is 1.63. The van der Waals surface area contributed by atoms with Crippen LogP contribution in [0.25, 0.3) is 16.7 Å². The van der Waals surface area contributed by atoms with E-state index in [1.165, 1.54) is 24.0 Å². The lowest BCUT2D eigenvalue weighted by atomic mass is 10.2. The van der Waals surface area contributed by atoms with Crippen molar-refractivity contribution in [1.82, 2.24) is 18.9 Å². The van der Waals surface area contributed by atoms with E-state index in [-0.39, 0.29) is 16.6 Å². The third kappa shape index (κ3) is 2.73. The van der Waals surface area contributed by atoms with Crippen molar-refractivity contribution in [1.29, 1.82) is 0 Å². The maximum atomic E-state index is 14.5. The molecular formula is C18H14F2N4O2. The van der Waals surface area contributed by atoms with Crippen LogP contribution in [-0.4, -0.2) is 18.9 Å². The molecule has 0 aliphatic rings. The van der Waals surface area contributed by atoms with Crippen LogP contribution in [-0.2, 0) is 14.1 Å². The zero-order chi connectivity index (χ0) is 19.0. The van der Waals surface area contributed by atoms with Gasteiger partial charge in [-0.15, -0.1) is 0 Å². The number of halogens is 2. The summed E-state index contributed by atoms with van der Waals surface area (Å²) in [5, 5.41) is 4.10. The van der Waals surface area contributed by atoms with Crippen LogP contribution in [0, 0.1) is 23.5 Å². The summed E-state index contributed by atoms with van der Waals surface area (Å²) in [6, 6.07) is 1.96. The molecule has 0 spiro atoms. The Labute approximate surface area is 146 Å². The maximum absolute atomic E-state index is 14.5. The van der Waals surface area contributed by atoms with Gasteiger partial charge in [-0.05, 0) is 25.1 Å². The van der Waals surface area contributed by atoms with Gasteiger partial charge >= 0.3 is 5.69 Å². The summed E-state index contributed by atoms with van der Waals surface area (Å²) in [7, 11) is 2.95. The standard InChI is InChI=1S/C18H14F2N4O2/c1-4-5-6-7-11-8-13(19)15(14(20)9-11)24-17(25)12-10-22(2)21-16(12)23(3)18(24)26/h4-5,8-10H,1-3H3/b5-4+. The molecule has 0 radical (unpaired) electrons. The monoisotopic (exact) mass is 356 g/mol. The second kappa shape index (κ2) is 6.44. The number of aryl methyl sites for hydroxylation is 2. The Kier molecular flexibility index (Phi) is 4.30. The molecule has 0 atom stereocenters. The van der Waals surface area contributed by atoms with Gasteiger partial charge in [-0.2, -0.15) is 5.10 Å². The van der Waals surface area contributed by atoms with Crippen molar-refractivity contribution < 1.29 is 8.78 Å². The summed E-state index contributed by atoms with van der Waals surface area (Å²) >= 11 is 0. The Bertz CT molecular complexity index is 1210. The summed E-state index contributed by atoms with van der Waals surface area (Å²) in [5.74, 6) is 3.08. The van der Waals surface area contributed by atoms with E-state index in [4.69, 9.17) is 0 Å². The first-order valence-corrected chi connectivity index (χ1v) is 7.62.